The first kappa shape index (κ1) is 11.4. The van der Waals surface area contributed by atoms with Crippen LogP contribution < -0.4 is 10.6 Å². The van der Waals surface area contributed by atoms with Gasteiger partial charge in [-0.2, -0.15) is 0 Å². The van der Waals surface area contributed by atoms with E-state index in [-0.39, 0.29) is 0 Å². The predicted octanol–water partition coefficient (Wildman–Crippen LogP) is 4.58. The Labute approximate surface area is 108 Å². The molecule has 0 unspecified atom stereocenters. The van der Waals surface area contributed by atoms with Crippen molar-refractivity contribution in [1.29, 1.82) is 0 Å². The maximum atomic E-state index is 3.61. The van der Waals surface area contributed by atoms with E-state index in [0.29, 0.717) is 6.17 Å². The first-order valence-electron chi connectivity index (χ1n) is 6.93. The van der Waals surface area contributed by atoms with Gasteiger partial charge in [0.1, 0.15) is 0 Å². The summed E-state index contributed by atoms with van der Waals surface area (Å²) in [4.78, 5) is 0. The highest BCUT2D eigenvalue weighted by molar-refractivity contribution is 6.04. The van der Waals surface area contributed by atoms with E-state index in [1.165, 1.54) is 47.8 Å². The van der Waals surface area contributed by atoms with Crippen LogP contribution in [0.15, 0.2) is 36.4 Å². The highest BCUT2D eigenvalue weighted by atomic mass is 15.1. The van der Waals surface area contributed by atoms with Gasteiger partial charge in [0.25, 0.3) is 0 Å². The summed E-state index contributed by atoms with van der Waals surface area (Å²) in [6.45, 7) is 2.25. The van der Waals surface area contributed by atoms with Gasteiger partial charge in [0.2, 0.25) is 0 Å². The Morgan fingerprint density at radius 1 is 0.944 bits per heavy atom. The van der Waals surface area contributed by atoms with Crippen LogP contribution in [-0.4, -0.2) is 6.17 Å². The smallest absolute Gasteiger partial charge is 0.0963 e. The molecule has 0 spiro atoms. The van der Waals surface area contributed by atoms with Crippen LogP contribution in [0.1, 0.15) is 32.6 Å². The first-order chi connectivity index (χ1) is 8.88. The second kappa shape index (κ2) is 4.89. The zero-order valence-corrected chi connectivity index (χ0v) is 10.9. The zero-order valence-electron chi connectivity index (χ0n) is 10.9. The average Bonchev–Trinajstić information content (AvgIpc) is 2.40. The Morgan fingerprint density at radius 2 is 1.61 bits per heavy atom. The van der Waals surface area contributed by atoms with Crippen LogP contribution in [0.5, 0.6) is 0 Å². The largest absolute Gasteiger partial charge is 0.365 e. The normalized spacial score (nSPS) is 14.3. The van der Waals surface area contributed by atoms with Crippen molar-refractivity contribution in [2.24, 2.45) is 0 Å². The summed E-state index contributed by atoms with van der Waals surface area (Å²) >= 11 is 0. The minimum Gasteiger partial charge on any atom is -0.365 e. The number of rotatable bonds is 4. The number of nitrogens with one attached hydrogen (secondary N) is 2. The molecule has 2 heteroatoms. The molecule has 2 nitrogen and oxygen atoms in total. The molecule has 2 aromatic rings. The molecule has 3 rings (SSSR count). The van der Waals surface area contributed by atoms with Crippen LogP contribution in [-0.2, 0) is 0 Å². The molecule has 0 saturated carbocycles. The number of hydrogen-bond acceptors (Lipinski definition) is 2. The summed E-state index contributed by atoms with van der Waals surface area (Å²) in [5.74, 6) is 0. The molecule has 2 aromatic carbocycles. The minimum atomic E-state index is 0.372. The van der Waals surface area contributed by atoms with Crippen molar-refractivity contribution in [3.05, 3.63) is 36.4 Å². The molecule has 94 valence electrons. The SMILES string of the molecule is CCCCCC1Nc2cccc3cccc(c23)N1. The van der Waals surface area contributed by atoms with E-state index < -0.39 is 0 Å². The lowest BCUT2D eigenvalue weighted by atomic mass is 10.0. The lowest BCUT2D eigenvalue weighted by molar-refractivity contribution is 0.621. The Hall–Kier alpha value is -1.70. The van der Waals surface area contributed by atoms with Gasteiger partial charge in [-0.3, -0.25) is 0 Å². The summed E-state index contributed by atoms with van der Waals surface area (Å²) in [7, 11) is 0. The fourth-order valence-corrected chi connectivity index (χ4v) is 2.74. The van der Waals surface area contributed by atoms with Gasteiger partial charge in [0, 0.05) is 16.8 Å². The maximum Gasteiger partial charge on any atom is 0.0963 e. The topological polar surface area (TPSA) is 24.1 Å². The van der Waals surface area contributed by atoms with E-state index in [1.54, 1.807) is 0 Å². The molecular weight excluding hydrogens is 220 g/mol. The van der Waals surface area contributed by atoms with Gasteiger partial charge < -0.3 is 10.6 Å². The Morgan fingerprint density at radius 3 is 2.22 bits per heavy atom. The van der Waals surface area contributed by atoms with Crippen molar-refractivity contribution < 1.29 is 0 Å². The van der Waals surface area contributed by atoms with E-state index in [4.69, 9.17) is 0 Å². The summed E-state index contributed by atoms with van der Waals surface area (Å²) in [5.41, 5.74) is 2.53. The molecule has 0 atom stereocenters. The standard InChI is InChI=1S/C16H20N2/c1-2-3-4-11-15-17-13-9-5-7-12-8-6-10-14(18-15)16(12)13/h5-10,15,17-18H,2-4,11H2,1H3. The molecule has 1 heterocycles. The number of unbranched alkanes of at least 4 members (excludes halogenated alkanes) is 2. The van der Waals surface area contributed by atoms with E-state index in [9.17, 15) is 0 Å². The summed E-state index contributed by atoms with van der Waals surface area (Å²) in [6, 6.07) is 13.0. The van der Waals surface area contributed by atoms with Crippen LogP contribution in [0.3, 0.4) is 0 Å². The first-order valence-corrected chi connectivity index (χ1v) is 6.93. The quantitative estimate of drug-likeness (QED) is 0.764. The van der Waals surface area contributed by atoms with E-state index in [2.05, 4.69) is 54.0 Å². The molecule has 0 aliphatic carbocycles. The molecular formula is C16H20N2. The van der Waals surface area contributed by atoms with Crippen molar-refractivity contribution in [3.8, 4) is 0 Å². The number of benzene rings is 2. The lowest BCUT2D eigenvalue weighted by Crippen LogP contribution is -2.31. The van der Waals surface area contributed by atoms with E-state index >= 15 is 0 Å². The molecule has 0 saturated heterocycles. The third kappa shape index (κ3) is 2.03. The molecule has 18 heavy (non-hydrogen) atoms. The Bertz CT molecular complexity index is 507. The van der Waals surface area contributed by atoms with E-state index in [1.807, 2.05) is 0 Å². The second-order valence-corrected chi connectivity index (χ2v) is 5.05. The van der Waals surface area contributed by atoms with Gasteiger partial charge in [-0.05, 0) is 30.4 Å². The highest BCUT2D eigenvalue weighted by Crippen LogP contribution is 2.35. The van der Waals surface area contributed by atoms with Crippen LogP contribution in [0.2, 0.25) is 0 Å². The predicted molar refractivity (Wildman–Crippen MR) is 79.1 cm³/mol. The molecule has 0 radical (unpaired) electrons. The summed E-state index contributed by atoms with van der Waals surface area (Å²) in [5, 5.41) is 9.85. The molecule has 1 aliphatic rings. The van der Waals surface area contributed by atoms with Crippen LogP contribution in [0.4, 0.5) is 11.4 Å². The van der Waals surface area contributed by atoms with Gasteiger partial charge in [0.05, 0.1) is 6.17 Å². The molecule has 0 bridgehead atoms. The summed E-state index contributed by atoms with van der Waals surface area (Å²) < 4.78 is 0. The van der Waals surface area contributed by atoms with Gasteiger partial charge in [0.15, 0.2) is 0 Å². The molecule has 1 aliphatic heterocycles. The van der Waals surface area contributed by atoms with Gasteiger partial charge >= 0.3 is 0 Å². The fourth-order valence-electron chi connectivity index (χ4n) is 2.74. The third-order valence-electron chi connectivity index (χ3n) is 3.66. The van der Waals surface area contributed by atoms with Crippen molar-refractivity contribution in [3.63, 3.8) is 0 Å². The number of anilines is 2. The van der Waals surface area contributed by atoms with Crippen LogP contribution in [0, 0.1) is 0 Å². The Kier molecular flexibility index (Phi) is 3.09. The monoisotopic (exact) mass is 240 g/mol. The van der Waals surface area contributed by atoms with Crippen molar-refractivity contribution in [1.82, 2.24) is 0 Å². The van der Waals surface area contributed by atoms with Crippen molar-refractivity contribution >= 4 is 22.1 Å². The van der Waals surface area contributed by atoms with E-state index in [0.717, 1.165) is 0 Å². The molecule has 0 aromatic heterocycles. The Balaban J connectivity index is 1.86. The van der Waals surface area contributed by atoms with Crippen molar-refractivity contribution in [2.75, 3.05) is 10.6 Å². The lowest BCUT2D eigenvalue weighted by Gasteiger charge is -2.29. The zero-order chi connectivity index (χ0) is 12.4. The summed E-state index contributed by atoms with van der Waals surface area (Å²) in [6.07, 6.45) is 5.42. The van der Waals surface area contributed by atoms with Crippen LogP contribution >= 0.6 is 0 Å². The second-order valence-electron chi connectivity index (χ2n) is 5.05. The maximum absolute atomic E-state index is 3.61. The van der Waals surface area contributed by atoms with Gasteiger partial charge in [-0.1, -0.05) is 44.0 Å². The van der Waals surface area contributed by atoms with Gasteiger partial charge in [-0.25, -0.2) is 0 Å². The van der Waals surface area contributed by atoms with Crippen LogP contribution in [0.25, 0.3) is 10.8 Å². The third-order valence-corrected chi connectivity index (χ3v) is 3.66. The highest BCUT2D eigenvalue weighted by Gasteiger charge is 2.17. The number of hydrogen-bond donors (Lipinski definition) is 2. The fraction of sp³-hybridized carbons (Fsp3) is 0.375. The molecule has 0 amide bonds. The van der Waals surface area contributed by atoms with Gasteiger partial charge in [-0.15, -0.1) is 0 Å². The molecule has 0 fully saturated rings. The average molecular weight is 240 g/mol. The van der Waals surface area contributed by atoms with Crippen molar-refractivity contribution in [2.45, 2.75) is 38.8 Å². The molecule has 2 N–H and O–H groups in total. The minimum absolute atomic E-state index is 0.372.